The number of esters is 1. The molecule has 15 heavy (non-hydrogen) atoms. The summed E-state index contributed by atoms with van der Waals surface area (Å²) >= 11 is 5.15. The van der Waals surface area contributed by atoms with E-state index in [9.17, 15) is 4.79 Å². The van der Waals surface area contributed by atoms with E-state index in [1.807, 2.05) is 18.4 Å². The van der Waals surface area contributed by atoms with Crippen LogP contribution in [0.5, 0.6) is 0 Å². The van der Waals surface area contributed by atoms with Crippen molar-refractivity contribution in [1.82, 2.24) is 5.32 Å². The van der Waals surface area contributed by atoms with Crippen molar-refractivity contribution in [2.24, 2.45) is 0 Å². The molecule has 1 atom stereocenters. The van der Waals surface area contributed by atoms with Gasteiger partial charge in [0.25, 0.3) is 0 Å². The Hall–Kier alpha value is -0.390. The number of carbonyl (C=O) groups is 1. The van der Waals surface area contributed by atoms with Crippen molar-refractivity contribution >= 4 is 33.2 Å². The van der Waals surface area contributed by atoms with Crippen molar-refractivity contribution in [3.8, 4) is 0 Å². The van der Waals surface area contributed by atoms with Crippen molar-refractivity contribution < 1.29 is 9.53 Å². The molecule has 0 radical (unpaired) electrons. The number of ether oxygens (including phenoxy) is 1. The van der Waals surface area contributed by atoms with Gasteiger partial charge in [0.1, 0.15) is 0 Å². The van der Waals surface area contributed by atoms with Gasteiger partial charge in [0.2, 0.25) is 0 Å². The summed E-state index contributed by atoms with van der Waals surface area (Å²) in [5.41, 5.74) is 0. The van der Waals surface area contributed by atoms with Crippen LogP contribution >= 0.6 is 27.3 Å². The lowest BCUT2D eigenvalue weighted by atomic mass is 10.2. The van der Waals surface area contributed by atoms with Crippen molar-refractivity contribution in [3.05, 3.63) is 20.8 Å². The molecule has 0 amide bonds. The molecule has 0 saturated heterocycles. The predicted octanol–water partition coefficient (Wildman–Crippen LogP) is 2.55. The van der Waals surface area contributed by atoms with Crippen molar-refractivity contribution in [1.29, 1.82) is 0 Å². The molecule has 0 aliphatic rings. The minimum absolute atomic E-state index is 0.131. The first-order chi connectivity index (χ1) is 7.13. The summed E-state index contributed by atoms with van der Waals surface area (Å²) < 4.78 is 5.71. The van der Waals surface area contributed by atoms with E-state index in [0.717, 1.165) is 11.0 Å². The van der Waals surface area contributed by atoms with Crippen LogP contribution in [0.25, 0.3) is 0 Å². The minimum Gasteiger partial charge on any atom is -0.469 e. The standard InChI is InChI=1S/C10H14BrNO2S/c1-7(5-10(13)14-2)12-6-9-8(11)3-4-15-9/h3-4,7,12H,5-6H2,1-2H3. The molecule has 1 N–H and O–H groups in total. The van der Waals surface area contributed by atoms with Crippen molar-refractivity contribution in [2.75, 3.05) is 7.11 Å². The molecule has 1 aromatic heterocycles. The second kappa shape index (κ2) is 6.25. The molecular formula is C10H14BrNO2S. The zero-order valence-corrected chi connectivity index (χ0v) is 11.2. The van der Waals surface area contributed by atoms with E-state index < -0.39 is 0 Å². The molecule has 1 heterocycles. The molecule has 0 fully saturated rings. The number of rotatable bonds is 5. The molecule has 0 saturated carbocycles. The summed E-state index contributed by atoms with van der Waals surface area (Å²) in [5, 5.41) is 5.30. The maximum Gasteiger partial charge on any atom is 0.307 e. The number of methoxy groups -OCH3 is 1. The highest BCUT2D eigenvalue weighted by atomic mass is 79.9. The van der Waals surface area contributed by atoms with E-state index in [1.54, 1.807) is 11.3 Å². The Labute approximate surface area is 102 Å². The summed E-state index contributed by atoms with van der Waals surface area (Å²) in [4.78, 5) is 12.2. The van der Waals surface area contributed by atoms with E-state index in [2.05, 4.69) is 26.0 Å². The Balaban J connectivity index is 2.31. The third-order valence-electron chi connectivity index (χ3n) is 2.00. The van der Waals surface area contributed by atoms with Crippen LogP contribution < -0.4 is 5.32 Å². The number of halogens is 1. The Kier molecular flexibility index (Phi) is 5.28. The molecular weight excluding hydrogens is 278 g/mol. The average molecular weight is 292 g/mol. The Morgan fingerprint density at radius 2 is 2.47 bits per heavy atom. The Morgan fingerprint density at radius 3 is 3.00 bits per heavy atom. The maximum absolute atomic E-state index is 11.0. The van der Waals surface area contributed by atoms with E-state index in [4.69, 9.17) is 0 Å². The fourth-order valence-electron chi connectivity index (χ4n) is 1.12. The van der Waals surface area contributed by atoms with Gasteiger partial charge in [-0.3, -0.25) is 4.79 Å². The number of carbonyl (C=O) groups excluding carboxylic acids is 1. The summed E-state index contributed by atoms with van der Waals surface area (Å²) in [6, 6.07) is 2.15. The van der Waals surface area contributed by atoms with Gasteiger partial charge in [-0.1, -0.05) is 0 Å². The number of nitrogens with one attached hydrogen (secondary N) is 1. The van der Waals surface area contributed by atoms with Crippen LogP contribution in [0.3, 0.4) is 0 Å². The van der Waals surface area contributed by atoms with Crippen LogP contribution in [-0.4, -0.2) is 19.1 Å². The molecule has 1 rings (SSSR count). The zero-order valence-electron chi connectivity index (χ0n) is 8.75. The van der Waals surface area contributed by atoms with Crippen LogP contribution in [0, 0.1) is 0 Å². The van der Waals surface area contributed by atoms with E-state index in [0.29, 0.717) is 6.42 Å². The largest absolute Gasteiger partial charge is 0.469 e. The second-order valence-corrected chi connectivity index (χ2v) is 5.11. The highest BCUT2D eigenvalue weighted by Crippen LogP contribution is 2.22. The SMILES string of the molecule is COC(=O)CC(C)NCc1sccc1Br. The lowest BCUT2D eigenvalue weighted by Crippen LogP contribution is -2.28. The van der Waals surface area contributed by atoms with Gasteiger partial charge in [-0.15, -0.1) is 11.3 Å². The molecule has 1 aromatic rings. The molecule has 0 aromatic carbocycles. The van der Waals surface area contributed by atoms with Crippen LogP contribution in [-0.2, 0) is 16.1 Å². The van der Waals surface area contributed by atoms with E-state index in [1.165, 1.54) is 12.0 Å². The lowest BCUT2D eigenvalue weighted by molar-refractivity contribution is -0.141. The average Bonchev–Trinajstić information content (AvgIpc) is 2.61. The van der Waals surface area contributed by atoms with Gasteiger partial charge in [-0.2, -0.15) is 0 Å². The Morgan fingerprint density at radius 1 is 1.73 bits per heavy atom. The van der Waals surface area contributed by atoms with Gasteiger partial charge >= 0.3 is 5.97 Å². The van der Waals surface area contributed by atoms with Crippen LogP contribution in [0.2, 0.25) is 0 Å². The van der Waals surface area contributed by atoms with Crippen molar-refractivity contribution in [3.63, 3.8) is 0 Å². The summed E-state index contributed by atoms with van der Waals surface area (Å²) in [7, 11) is 1.41. The van der Waals surface area contributed by atoms with Crippen LogP contribution in [0.4, 0.5) is 0 Å². The highest BCUT2D eigenvalue weighted by molar-refractivity contribution is 9.10. The molecule has 1 unspecified atom stereocenters. The van der Waals surface area contributed by atoms with Gasteiger partial charge < -0.3 is 10.1 Å². The highest BCUT2D eigenvalue weighted by Gasteiger charge is 2.09. The Bertz CT molecular complexity index is 327. The quantitative estimate of drug-likeness (QED) is 0.848. The van der Waals surface area contributed by atoms with Gasteiger partial charge in [0.15, 0.2) is 0 Å². The number of hydrogen-bond donors (Lipinski definition) is 1. The van der Waals surface area contributed by atoms with Crippen LogP contribution in [0.1, 0.15) is 18.2 Å². The van der Waals surface area contributed by atoms with Gasteiger partial charge in [-0.25, -0.2) is 0 Å². The van der Waals surface area contributed by atoms with E-state index in [-0.39, 0.29) is 12.0 Å². The molecule has 0 bridgehead atoms. The zero-order chi connectivity index (χ0) is 11.3. The van der Waals surface area contributed by atoms with E-state index >= 15 is 0 Å². The maximum atomic E-state index is 11.0. The summed E-state index contributed by atoms with van der Waals surface area (Å²) in [5.74, 6) is -0.180. The first-order valence-electron chi connectivity index (χ1n) is 4.65. The topological polar surface area (TPSA) is 38.3 Å². The third kappa shape index (κ3) is 4.32. The molecule has 0 spiro atoms. The number of thiophene rings is 1. The second-order valence-electron chi connectivity index (χ2n) is 3.25. The molecule has 0 aliphatic carbocycles. The fraction of sp³-hybridized carbons (Fsp3) is 0.500. The first kappa shape index (κ1) is 12.7. The monoisotopic (exact) mass is 291 g/mol. The first-order valence-corrected chi connectivity index (χ1v) is 6.32. The predicted molar refractivity (Wildman–Crippen MR) is 65.0 cm³/mol. The minimum atomic E-state index is -0.180. The molecule has 0 aliphatic heterocycles. The van der Waals surface area contributed by atoms with Crippen molar-refractivity contribution in [2.45, 2.75) is 25.9 Å². The third-order valence-corrected chi connectivity index (χ3v) is 3.93. The summed E-state index contributed by atoms with van der Waals surface area (Å²) in [6.07, 6.45) is 0.402. The molecule has 3 nitrogen and oxygen atoms in total. The fourth-order valence-corrected chi connectivity index (χ4v) is 2.57. The molecule has 84 valence electrons. The van der Waals surface area contributed by atoms with Gasteiger partial charge in [-0.05, 0) is 34.3 Å². The molecule has 5 heteroatoms. The lowest BCUT2D eigenvalue weighted by Gasteiger charge is -2.11. The van der Waals surface area contributed by atoms with Gasteiger partial charge in [0.05, 0.1) is 13.5 Å². The van der Waals surface area contributed by atoms with Gasteiger partial charge in [0, 0.05) is 21.9 Å². The smallest absolute Gasteiger partial charge is 0.307 e. The number of hydrogen-bond acceptors (Lipinski definition) is 4. The van der Waals surface area contributed by atoms with Crippen LogP contribution in [0.15, 0.2) is 15.9 Å². The normalized spacial score (nSPS) is 12.5. The summed E-state index contributed by atoms with van der Waals surface area (Å²) in [6.45, 7) is 2.74.